The number of hydrogen-bond donors (Lipinski definition) is 0. The first-order valence-corrected chi connectivity index (χ1v) is 15.2. The molecule has 0 bridgehead atoms. The van der Waals surface area contributed by atoms with Gasteiger partial charge in [-0.25, -0.2) is 19.2 Å². The molecule has 5 aromatic carbocycles. The minimum absolute atomic E-state index is 0.163. The minimum Gasteiger partial charge on any atom is -0.394 e. The third-order valence-electron chi connectivity index (χ3n) is 8.17. The number of carbonyl (C=O) groups excluding carboxylic acids is 4. The summed E-state index contributed by atoms with van der Waals surface area (Å²) >= 11 is 0. The molecule has 0 amide bonds. The summed E-state index contributed by atoms with van der Waals surface area (Å²) in [6.07, 6.45) is 8.87. The van der Waals surface area contributed by atoms with Gasteiger partial charge in [0, 0.05) is 10.8 Å². The van der Waals surface area contributed by atoms with E-state index in [0.29, 0.717) is 21.5 Å². The summed E-state index contributed by atoms with van der Waals surface area (Å²) in [5, 5.41) is 5.25. The molecule has 0 aromatic heterocycles. The molecule has 10 nitrogen and oxygen atoms in total. The Labute approximate surface area is 262 Å². The molecular weight excluding hydrogens is 592 g/mol. The smallest absolute Gasteiger partial charge is 0.394 e. The van der Waals surface area contributed by atoms with Crippen molar-refractivity contribution in [2.75, 3.05) is 0 Å². The van der Waals surface area contributed by atoms with Gasteiger partial charge in [0.2, 0.25) is 0 Å². The highest BCUT2D eigenvalue weighted by atomic mass is 16.8. The number of rotatable bonds is 8. The molecule has 0 radical (unpaired) electrons. The SMILES string of the molecule is CCCCC=Cc1cc2c3c(ccc4c5c(C=CCCCC)cc6c7c(ccc(c1c34)c75)OC(=O)OC(=O)O6)OC(=O)OC(=O)O2. The van der Waals surface area contributed by atoms with E-state index < -0.39 is 24.6 Å². The fraction of sp³-hybridized carbons (Fsp3) is 0.222. The first kappa shape index (κ1) is 29.1. The van der Waals surface area contributed by atoms with Gasteiger partial charge in [-0.15, -0.1) is 0 Å². The van der Waals surface area contributed by atoms with Crippen LogP contribution in [-0.2, 0) is 9.47 Å². The van der Waals surface area contributed by atoms with Gasteiger partial charge >= 0.3 is 24.6 Å². The number of cyclic esters (lactones) is 4. The number of allylic oxidation sites excluding steroid dienone is 2. The third-order valence-corrected chi connectivity index (χ3v) is 8.17. The van der Waals surface area contributed by atoms with Crippen LogP contribution in [0.15, 0.2) is 48.6 Å². The molecule has 2 heterocycles. The lowest BCUT2D eigenvalue weighted by atomic mass is 9.84. The number of fused-ring (bicyclic) bond motifs is 2. The Bertz CT molecular complexity index is 2000. The van der Waals surface area contributed by atoms with Gasteiger partial charge in [0.1, 0.15) is 23.0 Å². The van der Waals surface area contributed by atoms with Gasteiger partial charge in [0.25, 0.3) is 0 Å². The standard InChI is InChI=1S/C36H28O10/c1-3-5-7-9-11-19-17-25-31-23(41-33(37)45-35(39)43-25)16-14-22-28-20(12-10-8-6-4-2)18-26-32-24(42-34(38)46-36(40)44-26)15-13-21(30(28)32)27(19)29(22)31/h9-18H,3-8H2,1-2H3. The molecule has 5 aromatic rings. The quantitative estimate of drug-likeness (QED) is 0.0413. The van der Waals surface area contributed by atoms with Crippen LogP contribution in [0.2, 0.25) is 0 Å². The first-order chi connectivity index (χ1) is 22.4. The molecule has 46 heavy (non-hydrogen) atoms. The van der Waals surface area contributed by atoms with Crippen molar-refractivity contribution in [2.45, 2.75) is 52.4 Å². The monoisotopic (exact) mass is 620 g/mol. The number of benzene rings is 5. The molecule has 2 aliphatic heterocycles. The first-order valence-electron chi connectivity index (χ1n) is 15.2. The van der Waals surface area contributed by atoms with Crippen LogP contribution in [0.4, 0.5) is 19.2 Å². The van der Waals surface area contributed by atoms with Crippen LogP contribution in [0.25, 0.3) is 55.2 Å². The molecule has 0 N–H and O–H groups in total. The molecule has 7 rings (SSSR count). The zero-order chi connectivity index (χ0) is 31.9. The summed E-state index contributed by atoms with van der Waals surface area (Å²) in [6, 6.07) is 10.3. The highest BCUT2D eigenvalue weighted by Gasteiger charge is 2.31. The average molecular weight is 621 g/mol. The van der Waals surface area contributed by atoms with Crippen molar-refractivity contribution in [3.8, 4) is 23.0 Å². The fourth-order valence-corrected chi connectivity index (χ4v) is 6.27. The third kappa shape index (κ3) is 4.92. The molecule has 0 unspecified atom stereocenters. The van der Waals surface area contributed by atoms with Gasteiger partial charge in [-0.2, -0.15) is 0 Å². The highest BCUT2D eigenvalue weighted by molar-refractivity contribution is 6.38. The Balaban J connectivity index is 1.68. The maximum Gasteiger partial charge on any atom is 0.524 e. The Morgan fingerprint density at radius 3 is 1.26 bits per heavy atom. The predicted octanol–water partition coefficient (Wildman–Crippen LogP) is 10.2. The maximum atomic E-state index is 12.5. The van der Waals surface area contributed by atoms with Gasteiger partial charge in [-0.05, 0) is 81.9 Å². The van der Waals surface area contributed by atoms with Crippen LogP contribution in [0, 0.1) is 0 Å². The lowest BCUT2D eigenvalue weighted by molar-refractivity contribution is 0.0858. The van der Waals surface area contributed by atoms with Crippen LogP contribution < -0.4 is 18.9 Å². The lowest BCUT2D eigenvalue weighted by Gasteiger charge is -2.24. The van der Waals surface area contributed by atoms with Crippen LogP contribution >= 0.6 is 0 Å². The van der Waals surface area contributed by atoms with E-state index >= 15 is 0 Å². The molecule has 10 heteroatoms. The highest BCUT2D eigenvalue weighted by Crippen LogP contribution is 2.52. The van der Waals surface area contributed by atoms with Crippen molar-refractivity contribution >= 4 is 79.9 Å². The Kier molecular flexibility index (Phi) is 7.40. The number of hydrogen-bond acceptors (Lipinski definition) is 10. The van der Waals surface area contributed by atoms with Crippen molar-refractivity contribution in [1.82, 2.24) is 0 Å². The molecule has 0 saturated heterocycles. The van der Waals surface area contributed by atoms with Gasteiger partial charge in [-0.3, -0.25) is 0 Å². The van der Waals surface area contributed by atoms with Gasteiger partial charge < -0.3 is 28.4 Å². The average Bonchev–Trinajstić information content (AvgIpc) is 3.00. The van der Waals surface area contributed by atoms with Crippen molar-refractivity contribution in [3.63, 3.8) is 0 Å². The van der Waals surface area contributed by atoms with E-state index in [-0.39, 0.29) is 23.0 Å². The van der Waals surface area contributed by atoms with E-state index in [1.165, 1.54) is 0 Å². The molecule has 2 aliphatic rings. The summed E-state index contributed by atoms with van der Waals surface area (Å²) in [4.78, 5) is 49.7. The molecule has 0 atom stereocenters. The van der Waals surface area contributed by atoms with E-state index in [1.54, 1.807) is 24.3 Å². The van der Waals surface area contributed by atoms with Crippen LogP contribution in [0.1, 0.15) is 63.5 Å². The maximum absolute atomic E-state index is 12.5. The molecule has 0 aliphatic carbocycles. The normalized spacial score (nSPS) is 15.0. The Morgan fingerprint density at radius 2 is 0.870 bits per heavy atom. The van der Waals surface area contributed by atoms with Gasteiger partial charge in [-0.1, -0.05) is 63.8 Å². The lowest BCUT2D eigenvalue weighted by Crippen LogP contribution is -2.22. The number of unbranched alkanes of at least 4 members (excludes halogenated alkanes) is 4. The second-order valence-electron chi connectivity index (χ2n) is 11.1. The summed E-state index contributed by atoms with van der Waals surface area (Å²) in [7, 11) is 0. The zero-order valence-electron chi connectivity index (χ0n) is 25.1. The molecule has 0 spiro atoms. The minimum atomic E-state index is -1.21. The summed E-state index contributed by atoms with van der Waals surface area (Å²) in [5.74, 6) is 0.670. The summed E-state index contributed by atoms with van der Waals surface area (Å²) in [6.45, 7) is 4.22. The Morgan fingerprint density at radius 1 is 0.478 bits per heavy atom. The van der Waals surface area contributed by atoms with Crippen LogP contribution in [-0.4, -0.2) is 24.6 Å². The summed E-state index contributed by atoms with van der Waals surface area (Å²) in [5.41, 5.74) is 1.46. The number of ether oxygens (including phenoxy) is 6. The summed E-state index contributed by atoms with van der Waals surface area (Å²) < 4.78 is 31.5. The van der Waals surface area contributed by atoms with Crippen LogP contribution in [0.5, 0.6) is 23.0 Å². The van der Waals surface area contributed by atoms with Crippen molar-refractivity contribution in [3.05, 3.63) is 59.7 Å². The van der Waals surface area contributed by atoms with Crippen molar-refractivity contribution in [1.29, 1.82) is 0 Å². The zero-order valence-corrected chi connectivity index (χ0v) is 25.1. The molecular formula is C36H28O10. The fourth-order valence-electron chi connectivity index (χ4n) is 6.27. The van der Waals surface area contributed by atoms with Crippen LogP contribution in [0.3, 0.4) is 0 Å². The number of carbonyl (C=O) groups is 4. The van der Waals surface area contributed by atoms with E-state index in [1.807, 2.05) is 24.3 Å². The predicted molar refractivity (Wildman–Crippen MR) is 171 cm³/mol. The second-order valence-corrected chi connectivity index (χ2v) is 11.1. The molecule has 0 fully saturated rings. The van der Waals surface area contributed by atoms with E-state index in [9.17, 15) is 19.2 Å². The molecule has 232 valence electrons. The largest absolute Gasteiger partial charge is 0.524 e. The van der Waals surface area contributed by atoms with E-state index in [4.69, 9.17) is 18.9 Å². The second kappa shape index (κ2) is 11.7. The molecule has 0 saturated carbocycles. The topological polar surface area (TPSA) is 124 Å². The van der Waals surface area contributed by atoms with Crippen molar-refractivity contribution < 1.29 is 47.6 Å². The Hall–Kier alpha value is -5.64. The van der Waals surface area contributed by atoms with Crippen molar-refractivity contribution in [2.24, 2.45) is 0 Å². The van der Waals surface area contributed by atoms with E-state index in [0.717, 1.165) is 71.2 Å². The van der Waals surface area contributed by atoms with Gasteiger partial charge in [0.05, 0.1) is 10.8 Å². The van der Waals surface area contributed by atoms with E-state index in [2.05, 4.69) is 35.5 Å². The van der Waals surface area contributed by atoms with Gasteiger partial charge in [0.15, 0.2) is 0 Å².